The number of piperidine rings is 1. The van der Waals surface area contributed by atoms with E-state index in [0.29, 0.717) is 23.5 Å². The van der Waals surface area contributed by atoms with Crippen LogP contribution in [0.1, 0.15) is 56.1 Å². The Balaban J connectivity index is 2.30. The van der Waals surface area contributed by atoms with Gasteiger partial charge in [-0.1, -0.05) is 6.92 Å². The lowest BCUT2D eigenvalue weighted by Gasteiger charge is -2.39. The van der Waals surface area contributed by atoms with Crippen LogP contribution in [0.3, 0.4) is 0 Å². The van der Waals surface area contributed by atoms with Crippen molar-refractivity contribution in [3.63, 3.8) is 0 Å². The monoisotopic (exact) mass is 261 g/mol. The Labute approximate surface area is 115 Å². The molecule has 1 aliphatic heterocycles. The molecule has 2 heterocycles. The second-order valence-corrected chi connectivity index (χ2v) is 5.47. The van der Waals surface area contributed by atoms with E-state index in [1.807, 2.05) is 17.9 Å². The summed E-state index contributed by atoms with van der Waals surface area (Å²) >= 11 is 0. The highest BCUT2D eigenvalue weighted by Gasteiger charge is 2.29. The zero-order valence-electron chi connectivity index (χ0n) is 12.0. The number of likely N-dealkylation sites (tertiary alicyclic amines) is 1. The maximum atomic E-state index is 12.7. The van der Waals surface area contributed by atoms with Crippen LogP contribution in [-0.4, -0.2) is 27.9 Å². The number of pyridine rings is 1. The van der Waals surface area contributed by atoms with E-state index in [1.54, 1.807) is 6.07 Å². The smallest absolute Gasteiger partial charge is 0.254 e. The van der Waals surface area contributed by atoms with Gasteiger partial charge in [0.15, 0.2) is 0 Å². The molecule has 19 heavy (non-hydrogen) atoms. The van der Waals surface area contributed by atoms with Crippen LogP contribution < -0.4 is 5.73 Å². The summed E-state index contributed by atoms with van der Waals surface area (Å²) in [4.78, 5) is 18.9. The third-order valence-corrected chi connectivity index (χ3v) is 3.94. The van der Waals surface area contributed by atoms with E-state index < -0.39 is 0 Å². The number of nitrogens with zero attached hydrogens (tertiary/aromatic N) is 2. The lowest BCUT2D eigenvalue weighted by Crippen LogP contribution is -2.47. The Morgan fingerprint density at radius 2 is 2.00 bits per heavy atom. The highest BCUT2D eigenvalue weighted by Crippen LogP contribution is 2.25. The zero-order chi connectivity index (χ0) is 14.0. The zero-order valence-corrected chi connectivity index (χ0v) is 12.0. The first-order valence-electron chi connectivity index (χ1n) is 7.12. The number of amides is 1. The molecule has 0 saturated carbocycles. The Kier molecular flexibility index (Phi) is 4.08. The number of hydrogen-bond acceptors (Lipinski definition) is 3. The molecular weight excluding hydrogens is 238 g/mol. The summed E-state index contributed by atoms with van der Waals surface area (Å²) in [5.41, 5.74) is 7.34. The summed E-state index contributed by atoms with van der Waals surface area (Å²) in [6, 6.07) is 4.16. The minimum Gasteiger partial charge on any atom is -0.384 e. The van der Waals surface area contributed by atoms with E-state index in [1.165, 1.54) is 6.42 Å². The van der Waals surface area contributed by atoms with E-state index in [4.69, 9.17) is 5.73 Å². The van der Waals surface area contributed by atoms with Gasteiger partial charge in [0, 0.05) is 23.3 Å². The predicted octanol–water partition coefficient (Wildman–Crippen LogP) is 2.63. The number of hydrogen-bond donors (Lipinski definition) is 1. The summed E-state index contributed by atoms with van der Waals surface area (Å²) in [7, 11) is 0. The molecule has 0 bridgehead atoms. The van der Waals surface area contributed by atoms with Gasteiger partial charge in [0.2, 0.25) is 0 Å². The van der Waals surface area contributed by atoms with E-state index in [2.05, 4.69) is 18.8 Å². The molecule has 2 rings (SSSR count). The molecule has 0 unspecified atom stereocenters. The summed E-state index contributed by atoms with van der Waals surface area (Å²) in [5, 5.41) is 0. The number of aromatic nitrogens is 1. The van der Waals surface area contributed by atoms with Gasteiger partial charge in [-0.15, -0.1) is 0 Å². The molecule has 1 aliphatic rings. The van der Waals surface area contributed by atoms with E-state index in [0.717, 1.165) is 25.0 Å². The van der Waals surface area contributed by atoms with Crippen molar-refractivity contribution >= 4 is 11.7 Å². The highest BCUT2D eigenvalue weighted by molar-refractivity contribution is 5.95. The summed E-state index contributed by atoms with van der Waals surface area (Å²) in [5.74, 6) is 0.517. The van der Waals surface area contributed by atoms with Gasteiger partial charge in [-0.3, -0.25) is 4.79 Å². The third-order valence-electron chi connectivity index (χ3n) is 3.94. The molecule has 1 aromatic heterocycles. The number of nitrogens with two attached hydrogens (primary N) is 1. The second kappa shape index (κ2) is 5.59. The van der Waals surface area contributed by atoms with Crippen molar-refractivity contribution in [1.82, 2.24) is 9.88 Å². The lowest BCUT2D eigenvalue weighted by molar-refractivity contribution is 0.0510. The van der Waals surface area contributed by atoms with Crippen LogP contribution in [0.5, 0.6) is 0 Å². The Hall–Kier alpha value is -1.58. The van der Waals surface area contributed by atoms with Gasteiger partial charge in [0.1, 0.15) is 5.82 Å². The number of aryl methyl sites for hydroxylation is 1. The van der Waals surface area contributed by atoms with Crippen molar-refractivity contribution < 1.29 is 4.79 Å². The van der Waals surface area contributed by atoms with Crippen LogP contribution in [0.25, 0.3) is 0 Å². The first-order chi connectivity index (χ1) is 9.02. The van der Waals surface area contributed by atoms with Crippen LogP contribution in [0.2, 0.25) is 0 Å². The van der Waals surface area contributed by atoms with Crippen LogP contribution >= 0.6 is 0 Å². The van der Waals surface area contributed by atoms with Gasteiger partial charge in [0.25, 0.3) is 5.91 Å². The predicted molar refractivity (Wildman–Crippen MR) is 77.0 cm³/mol. The molecule has 0 aliphatic carbocycles. The molecule has 1 aromatic rings. The Morgan fingerprint density at radius 3 is 2.58 bits per heavy atom. The average Bonchev–Trinajstić information content (AvgIpc) is 2.37. The van der Waals surface area contributed by atoms with Crippen LogP contribution in [-0.2, 0) is 6.42 Å². The molecule has 0 aromatic carbocycles. The van der Waals surface area contributed by atoms with Crippen molar-refractivity contribution in [2.45, 2.75) is 58.5 Å². The minimum absolute atomic E-state index is 0.0866. The maximum absolute atomic E-state index is 12.7. The molecule has 4 heteroatoms. The molecule has 0 radical (unpaired) electrons. The van der Waals surface area contributed by atoms with Gasteiger partial charge in [-0.2, -0.15) is 0 Å². The van der Waals surface area contributed by atoms with Crippen molar-refractivity contribution in [1.29, 1.82) is 0 Å². The molecule has 2 atom stereocenters. The number of anilines is 1. The fourth-order valence-corrected chi connectivity index (χ4v) is 2.89. The summed E-state index contributed by atoms with van der Waals surface area (Å²) in [6.45, 7) is 6.26. The topological polar surface area (TPSA) is 59.2 Å². The Morgan fingerprint density at radius 1 is 1.37 bits per heavy atom. The normalized spacial score (nSPS) is 23.4. The van der Waals surface area contributed by atoms with E-state index in [9.17, 15) is 4.79 Å². The van der Waals surface area contributed by atoms with Gasteiger partial charge < -0.3 is 10.6 Å². The van der Waals surface area contributed by atoms with Crippen LogP contribution in [0, 0.1) is 0 Å². The molecule has 4 nitrogen and oxygen atoms in total. The lowest BCUT2D eigenvalue weighted by atomic mass is 9.96. The molecule has 1 saturated heterocycles. The number of nitrogen functional groups attached to an aromatic ring is 1. The van der Waals surface area contributed by atoms with Crippen molar-refractivity contribution in [3.05, 3.63) is 23.4 Å². The first kappa shape index (κ1) is 13.8. The molecule has 1 fully saturated rings. The molecule has 2 N–H and O–H groups in total. The van der Waals surface area contributed by atoms with Gasteiger partial charge in [-0.25, -0.2) is 4.98 Å². The Bertz CT molecular complexity index is 462. The largest absolute Gasteiger partial charge is 0.384 e. The average molecular weight is 261 g/mol. The number of carbonyl (C=O) groups is 1. The molecule has 104 valence electrons. The summed E-state index contributed by atoms with van der Waals surface area (Å²) < 4.78 is 0. The fraction of sp³-hybridized carbons (Fsp3) is 0.600. The van der Waals surface area contributed by atoms with Crippen molar-refractivity contribution in [2.75, 3.05) is 5.73 Å². The van der Waals surface area contributed by atoms with Crippen molar-refractivity contribution in [2.24, 2.45) is 0 Å². The molecule has 1 amide bonds. The minimum atomic E-state index is 0.0866. The van der Waals surface area contributed by atoms with Crippen LogP contribution in [0.4, 0.5) is 5.82 Å². The van der Waals surface area contributed by atoms with Gasteiger partial charge in [-0.05, 0) is 51.7 Å². The quantitative estimate of drug-likeness (QED) is 0.890. The van der Waals surface area contributed by atoms with E-state index >= 15 is 0 Å². The highest BCUT2D eigenvalue weighted by atomic mass is 16.2. The van der Waals surface area contributed by atoms with Gasteiger partial charge >= 0.3 is 0 Å². The first-order valence-corrected chi connectivity index (χ1v) is 7.12. The fourth-order valence-electron chi connectivity index (χ4n) is 2.89. The molecule has 0 spiro atoms. The summed E-state index contributed by atoms with van der Waals surface area (Å²) in [6.07, 6.45) is 4.15. The van der Waals surface area contributed by atoms with Crippen LogP contribution in [0.15, 0.2) is 12.1 Å². The molecular formula is C15H23N3O. The third kappa shape index (κ3) is 2.88. The standard InChI is InChI=1S/C15H23N3O/c1-4-13-8-12(9-14(16)17-13)15(19)18-10(2)6-5-7-11(18)3/h8-11H,4-7H2,1-3H3,(H2,16,17)/t10-,11+. The van der Waals surface area contributed by atoms with E-state index in [-0.39, 0.29) is 5.91 Å². The number of rotatable bonds is 2. The SMILES string of the molecule is CCc1cc(C(=O)N2[C@H](C)CCC[C@@H]2C)cc(N)n1. The second-order valence-electron chi connectivity index (χ2n) is 5.47. The number of carbonyl (C=O) groups excluding carboxylic acids is 1. The maximum Gasteiger partial charge on any atom is 0.254 e. The van der Waals surface area contributed by atoms with Gasteiger partial charge in [0.05, 0.1) is 0 Å². The van der Waals surface area contributed by atoms with Crippen molar-refractivity contribution in [3.8, 4) is 0 Å².